The maximum absolute atomic E-state index is 10.8. The fourth-order valence-electron chi connectivity index (χ4n) is 1.73. The molecule has 0 aliphatic rings. The molecule has 1 aromatic carbocycles. The summed E-state index contributed by atoms with van der Waals surface area (Å²) in [6.07, 6.45) is 0. The number of carboxylic acid groups (broad SMARTS) is 1. The third-order valence-corrected chi connectivity index (χ3v) is 2.56. The van der Waals surface area contributed by atoms with Gasteiger partial charge < -0.3 is 14.7 Å². The summed E-state index contributed by atoms with van der Waals surface area (Å²) in [6, 6.07) is 7.26. The van der Waals surface area contributed by atoms with Gasteiger partial charge >= 0.3 is 5.97 Å². The molecule has 0 bridgehead atoms. The van der Waals surface area contributed by atoms with E-state index in [1.165, 1.54) is 0 Å². The average molecular weight is 248 g/mol. The normalized spacial score (nSPS) is 9.83. The summed E-state index contributed by atoms with van der Waals surface area (Å²) in [7, 11) is 1.57. The first-order valence-electron chi connectivity index (χ1n) is 5.55. The average Bonchev–Trinajstić information content (AvgIpc) is 2.34. The Labute approximate surface area is 106 Å². The largest absolute Gasteiger partial charge is 0.480 e. The van der Waals surface area contributed by atoms with Crippen LogP contribution in [0, 0.1) is 18.3 Å². The van der Waals surface area contributed by atoms with Gasteiger partial charge in [0.15, 0.2) is 0 Å². The smallest absolute Gasteiger partial charge is 0.323 e. The van der Waals surface area contributed by atoms with Crippen molar-refractivity contribution in [2.45, 2.75) is 6.92 Å². The molecule has 0 saturated heterocycles. The van der Waals surface area contributed by atoms with Gasteiger partial charge in [0.1, 0.15) is 6.54 Å². The zero-order chi connectivity index (χ0) is 13.5. The van der Waals surface area contributed by atoms with Crippen LogP contribution in [0.3, 0.4) is 0 Å². The molecule has 0 heterocycles. The molecule has 0 aromatic heterocycles. The first-order chi connectivity index (χ1) is 8.58. The number of anilines is 1. The number of carbonyl (C=O) groups is 1. The van der Waals surface area contributed by atoms with Crippen molar-refractivity contribution >= 4 is 11.7 Å². The zero-order valence-electron chi connectivity index (χ0n) is 10.5. The highest BCUT2D eigenvalue weighted by molar-refractivity contribution is 5.74. The fraction of sp³-hybridized carbons (Fsp3) is 0.385. The lowest BCUT2D eigenvalue weighted by Gasteiger charge is -2.24. The fourth-order valence-corrected chi connectivity index (χ4v) is 1.73. The van der Waals surface area contributed by atoms with Crippen molar-refractivity contribution < 1.29 is 14.6 Å². The molecule has 1 aromatic rings. The summed E-state index contributed by atoms with van der Waals surface area (Å²) < 4.78 is 4.97. The Morgan fingerprint density at radius 1 is 1.56 bits per heavy atom. The van der Waals surface area contributed by atoms with Crippen LogP contribution in [0.1, 0.15) is 11.1 Å². The monoisotopic (exact) mass is 248 g/mol. The minimum absolute atomic E-state index is 0.0872. The highest BCUT2D eigenvalue weighted by Crippen LogP contribution is 2.20. The highest BCUT2D eigenvalue weighted by atomic mass is 16.5. The molecule has 96 valence electrons. The van der Waals surface area contributed by atoms with Gasteiger partial charge in [0.2, 0.25) is 0 Å². The van der Waals surface area contributed by atoms with Gasteiger partial charge in [-0.2, -0.15) is 5.26 Å². The Bertz CT molecular complexity index is 466. The molecule has 1 rings (SSSR count). The van der Waals surface area contributed by atoms with Crippen molar-refractivity contribution in [2.75, 3.05) is 31.7 Å². The van der Waals surface area contributed by atoms with E-state index in [4.69, 9.17) is 15.1 Å². The summed E-state index contributed by atoms with van der Waals surface area (Å²) in [4.78, 5) is 12.6. The maximum atomic E-state index is 10.8. The van der Waals surface area contributed by atoms with Crippen LogP contribution < -0.4 is 4.90 Å². The van der Waals surface area contributed by atoms with E-state index in [0.717, 1.165) is 11.3 Å². The zero-order valence-corrected chi connectivity index (χ0v) is 10.5. The molecule has 0 aliphatic carbocycles. The molecule has 0 fully saturated rings. The Balaban J connectivity index is 2.97. The topological polar surface area (TPSA) is 73.6 Å². The number of carboxylic acids is 1. The number of hydrogen-bond donors (Lipinski definition) is 1. The van der Waals surface area contributed by atoms with Crippen LogP contribution in [0.4, 0.5) is 5.69 Å². The van der Waals surface area contributed by atoms with Gasteiger partial charge in [-0.3, -0.25) is 4.79 Å². The van der Waals surface area contributed by atoms with Gasteiger partial charge in [0.05, 0.1) is 18.2 Å². The van der Waals surface area contributed by atoms with Crippen LogP contribution in [0.5, 0.6) is 0 Å². The van der Waals surface area contributed by atoms with Crippen LogP contribution in [0.2, 0.25) is 0 Å². The molecule has 0 aliphatic heterocycles. The lowest BCUT2D eigenvalue weighted by molar-refractivity contribution is -0.135. The summed E-state index contributed by atoms with van der Waals surface area (Å²) >= 11 is 0. The summed E-state index contributed by atoms with van der Waals surface area (Å²) in [5.74, 6) is -0.894. The molecule has 0 radical (unpaired) electrons. The van der Waals surface area contributed by atoms with E-state index >= 15 is 0 Å². The Morgan fingerprint density at radius 3 is 2.78 bits per heavy atom. The van der Waals surface area contributed by atoms with E-state index in [2.05, 4.69) is 6.07 Å². The summed E-state index contributed by atoms with van der Waals surface area (Å²) in [6.45, 7) is 2.72. The second-order valence-corrected chi connectivity index (χ2v) is 3.92. The van der Waals surface area contributed by atoms with E-state index in [1.54, 1.807) is 30.2 Å². The number of methoxy groups -OCH3 is 1. The summed E-state index contributed by atoms with van der Waals surface area (Å²) in [5.41, 5.74) is 2.26. The minimum atomic E-state index is -0.894. The second kappa shape index (κ2) is 6.62. The standard InChI is InChI=1S/C13H16N2O3/c1-10-7-11(8-14)3-4-12(10)15(5-6-18-2)9-13(16)17/h3-4,7H,5-6,9H2,1-2H3,(H,16,17). The third-order valence-electron chi connectivity index (χ3n) is 2.56. The molecular formula is C13H16N2O3. The lowest BCUT2D eigenvalue weighted by Crippen LogP contribution is -2.33. The van der Waals surface area contributed by atoms with Crippen molar-refractivity contribution in [3.63, 3.8) is 0 Å². The second-order valence-electron chi connectivity index (χ2n) is 3.92. The molecule has 0 spiro atoms. The lowest BCUT2D eigenvalue weighted by atomic mass is 10.1. The summed E-state index contributed by atoms with van der Waals surface area (Å²) in [5, 5.41) is 17.7. The van der Waals surface area contributed by atoms with Crippen LogP contribution in [0.15, 0.2) is 18.2 Å². The first kappa shape index (κ1) is 14.0. The van der Waals surface area contributed by atoms with E-state index < -0.39 is 5.97 Å². The van der Waals surface area contributed by atoms with E-state index in [9.17, 15) is 4.79 Å². The molecule has 1 N–H and O–H groups in total. The molecule has 0 atom stereocenters. The third kappa shape index (κ3) is 3.75. The van der Waals surface area contributed by atoms with Crippen LogP contribution in [-0.2, 0) is 9.53 Å². The molecule has 0 saturated carbocycles. The number of rotatable bonds is 6. The molecule has 0 amide bonds. The highest BCUT2D eigenvalue weighted by Gasteiger charge is 2.12. The molecule has 5 nitrogen and oxygen atoms in total. The first-order valence-corrected chi connectivity index (χ1v) is 5.55. The number of hydrogen-bond acceptors (Lipinski definition) is 4. The van der Waals surface area contributed by atoms with Gasteiger partial charge in [-0.15, -0.1) is 0 Å². The van der Waals surface area contributed by atoms with E-state index in [0.29, 0.717) is 18.7 Å². The Hall–Kier alpha value is -2.06. The SMILES string of the molecule is COCCN(CC(=O)O)c1ccc(C#N)cc1C. The number of ether oxygens (including phenoxy) is 1. The van der Waals surface area contributed by atoms with Crippen molar-refractivity contribution in [2.24, 2.45) is 0 Å². The van der Waals surface area contributed by atoms with Crippen molar-refractivity contribution in [1.82, 2.24) is 0 Å². The van der Waals surface area contributed by atoms with Gasteiger partial charge in [-0.25, -0.2) is 0 Å². The maximum Gasteiger partial charge on any atom is 0.323 e. The van der Waals surface area contributed by atoms with Gasteiger partial charge in [-0.05, 0) is 30.7 Å². The van der Waals surface area contributed by atoms with Gasteiger partial charge in [0, 0.05) is 19.3 Å². The molecule has 0 unspecified atom stereocenters. The van der Waals surface area contributed by atoms with Crippen LogP contribution in [-0.4, -0.2) is 37.9 Å². The predicted molar refractivity (Wildman–Crippen MR) is 67.6 cm³/mol. The molecular weight excluding hydrogens is 232 g/mol. The van der Waals surface area contributed by atoms with Gasteiger partial charge in [0.25, 0.3) is 0 Å². The predicted octanol–water partition coefficient (Wildman–Crippen LogP) is 1.40. The van der Waals surface area contributed by atoms with E-state index in [1.807, 2.05) is 6.92 Å². The van der Waals surface area contributed by atoms with Crippen LogP contribution >= 0.6 is 0 Å². The number of aryl methyl sites for hydroxylation is 1. The number of benzene rings is 1. The van der Waals surface area contributed by atoms with Crippen molar-refractivity contribution in [3.8, 4) is 6.07 Å². The minimum Gasteiger partial charge on any atom is -0.480 e. The van der Waals surface area contributed by atoms with E-state index in [-0.39, 0.29) is 6.54 Å². The van der Waals surface area contributed by atoms with Crippen molar-refractivity contribution in [3.05, 3.63) is 29.3 Å². The molecule has 18 heavy (non-hydrogen) atoms. The Kier molecular flexibility index (Phi) is 5.15. The van der Waals surface area contributed by atoms with Crippen molar-refractivity contribution in [1.29, 1.82) is 5.26 Å². The quantitative estimate of drug-likeness (QED) is 0.823. The van der Waals surface area contributed by atoms with Crippen LogP contribution in [0.25, 0.3) is 0 Å². The number of nitriles is 1. The molecule has 5 heteroatoms. The van der Waals surface area contributed by atoms with Gasteiger partial charge in [-0.1, -0.05) is 0 Å². The number of nitrogens with zero attached hydrogens (tertiary/aromatic N) is 2. The number of aliphatic carboxylic acids is 1. The Morgan fingerprint density at radius 2 is 2.28 bits per heavy atom.